The molecule has 1 rings (SSSR count). The van der Waals surface area contributed by atoms with E-state index >= 15 is 0 Å². The number of hydrogen-bond donors (Lipinski definition) is 10. The van der Waals surface area contributed by atoms with E-state index in [-0.39, 0.29) is 79.7 Å². The molecular formula is C57H103N11O11. The van der Waals surface area contributed by atoms with Gasteiger partial charge in [-0.1, -0.05) is 88.7 Å². The SMILES string of the molecule is CC[C@H](C)/C=C/C(=O)N1C[C@@H](C)C[C@H]1C(=O)N[C@@H](CC(C)C)C(=O)N[C@H](C(=O)NC(C)(C)C(=O)N[C@@H](CC(C)C)C(=O)N[C@@H](CC(C)C)C(=O)NC(C)(C)C(=O)NC(C)(C)C(=O)NCCC(=O)N[C@@H](C)CN(C)C)[C@H](O)C(C)C. The number of nitrogens with zero attached hydrogens (tertiary/aromatic N) is 2. The topological polar surface area (TPSA) is 306 Å². The number of aliphatic hydroxyl groups is 1. The van der Waals surface area contributed by atoms with Crippen LogP contribution in [0, 0.1) is 35.5 Å². The van der Waals surface area contributed by atoms with Crippen molar-refractivity contribution in [2.45, 2.75) is 222 Å². The van der Waals surface area contributed by atoms with E-state index in [1.54, 1.807) is 13.8 Å². The molecular weight excluding hydrogens is 1010 g/mol. The van der Waals surface area contributed by atoms with Crippen LogP contribution in [0.1, 0.15) is 163 Å². The first-order valence-corrected chi connectivity index (χ1v) is 28.3. The van der Waals surface area contributed by atoms with Crippen molar-refractivity contribution in [2.24, 2.45) is 35.5 Å². The molecule has 0 spiro atoms. The second kappa shape index (κ2) is 32.0. The van der Waals surface area contributed by atoms with Crippen molar-refractivity contribution in [3.05, 3.63) is 12.2 Å². The Hall–Kier alpha value is -5.64. The summed E-state index contributed by atoms with van der Waals surface area (Å²) in [5.74, 6) is -7.00. The lowest BCUT2D eigenvalue weighted by Gasteiger charge is -2.34. The lowest BCUT2D eigenvalue weighted by molar-refractivity contribution is -0.140. The van der Waals surface area contributed by atoms with E-state index in [1.807, 2.05) is 94.3 Å². The Kier molecular flexibility index (Phi) is 28.9. The molecule has 0 aromatic heterocycles. The molecule has 1 saturated heterocycles. The lowest BCUT2D eigenvalue weighted by atomic mass is 9.95. The van der Waals surface area contributed by atoms with Crippen molar-refractivity contribution in [1.82, 2.24) is 57.7 Å². The van der Waals surface area contributed by atoms with E-state index in [4.69, 9.17) is 0 Å². The summed E-state index contributed by atoms with van der Waals surface area (Å²) in [5, 5.41) is 35.9. The first-order chi connectivity index (χ1) is 36.2. The Morgan fingerprint density at radius 3 is 1.61 bits per heavy atom. The van der Waals surface area contributed by atoms with Crippen LogP contribution >= 0.6 is 0 Å². The average molecular weight is 1120 g/mol. The highest BCUT2D eigenvalue weighted by Gasteiger charge is 2.43. The maximum Gasteiger partial charge on any atom is 0.246 e. The summed E-state index contributed by atoms with van der Waals surface area (Å²) in [6.07, 6.45) is 3.49. The standard InChI is InChI=1S/C57H103N11O11/c1-21-36(10)22-23-44(70)68-30-37(11)29-42(68)50(75)61-39(26-32(2)3)48(73)63-45(46(71)35(8)9)51(76)65-56(15,16)53(78)62-40(27-33(4)5)47(72)60-41(28-34(6)7)49(74)64-57(17,18)54(79)66-55(13,14)52(77)58-25-24-43(69)59-38(12)31-67(19)20/h22-23,32-42,45-46,71H,21,24-31H2,1-20H3,(H,58,77)(H,59,69)(H,60,72)(H,61,75)(H,62,78)(H,63,73)(H,64,74)(H,65,76)(H,66,79)/b23-22+/t36-,37-,38-,39-,40-,41-,42-,45-,46+/m0/s1. The van der Waals surface area contributed by atoms with Crippen LogP contribution in [0.3, 0.4) is 0 Å². The van der Waals surface area contributed by atoms with Crippen molar-refractivity contribution in [2.75, 3.05) is 33.7 Å². The van der Waals surface area contributed by atoms with E-state index in [1.165, 1.54) is 52.5 Å². The largest absolute Gasteiger partial charge is 0.390 e. The number of carbonyl (C=O) groups is 10. The minimum atomic E-state index is -1.76. The summed E-state index contributed by atoms with van der Waals surface area (Å²) in [6, 6.07) is -6.11. The predicted molar refractivity (Wildman–Crippen MR) is 305 cm³/mol. The highest BCUT2D eigenvalue weighted by Crippen LogP contribution is 2.25. The zero-order chi connectivity index (χ0) is 61.1. The van der Waals surface area contributed by atoms with Gasteiger partial charge in [0.1, 0.15) is 46.8 Å². The molecule has 0 aromatic carbocycles. The van der Waals surface area contributed by atoms with Gasteiger partial charge in [0.15, 0.2) is 0 Å². The molecule has 22 heteroatoms. The molecule has 10 N–H and O–H groups in total. The summed E-state index contributed by atoms with van der Waals surface area (Å²) in [5.41, 5.74) is -4.82. The molecule has 22 nitrogen and oxygen atoms in total. The first-order valence-electron chi connectivity index (χ1n) is 28.3. The van der Waals surface area contributed by atoms with Crippen LogP contribution in [0.4, 0.5) is 0 Å². The third-order valence-electron chi connectivity index (χ3n) is 13.6. The van der Waals surface area contributed by atoms with Crippen molar-refractivity contribution >= 4 is 59.1 Å². The number of likely N-dealkylation sites (N-methyl/N-ethyl adjacent to an activating group) is 1. The molecule has 0 radical (unpaired) electrons. The average Bonchev–Trinajstić information content (AvgIpc) is 3.71. The van der Waals surface area contributed by atoms with Crippen LogP contribution in [-0.4, -0.2) is 167 Å². The number of nitrogens with one attached hydrogen (secondary N) is 9. The lowest BCUT2D eigenvalue weighted by Crippen LogP contribution is -2.66. The normalized spacial score (nSPS) is 17.8. The fraction of sp³-hybridized carbons (Fsp3) is 0.789. The molecule has 452 valence electrons. The predicted octanol–water partition coefficient (Wildman–Crippen LogP) is 2.18. The van der Waals surface area contributed by atoms with E-state index < -0.39 is 106 Å². The Morgan fingerprint density at radius 1 is 0.620 bits per heavy atom. The van der Waals surface area contributed by atoms with Gasteiger partial charge in [-0.05, 0) is 130 Å². The molecule has 0 bridgehead atoms. The number of allylic oxidation sites excluding steroid dienone is 1. The Balaban J connectivity index is 3.28. The monoisotopic (exact) mass is 1120 g/mol. The molecule has 1 heterocycles. The molecule has 79 heavy (non-hydrogen) atoms. The minimum Gasteiger partial charge on any atom is -0.390 e. The van der Waals surface area contributed by atoms with Gasteiger partial charge in [0.25, 0.3) is 0 Å². The molecule has 0 unspecified atom stereocenters. The van der Waals surface area contributed by atoms with Crippen molar-refractivity contribution in [3.8, 4) is 0 Å². The number of carbonyl (C=O) groups excluding carboxylic acids is 10. The second-order valence-electron chi connectivity index (χ2n) is 25.4. The van der Waals surface area contributed by atoms with E-state index in [0.717, 1.165) is 6.42 Å². The van der Waals surface area contributed by atoms with Crippen molar-refractivity contribution in [3.63, 3.8) is 0 Å². The maximum absolute atomic E-state index is 14.2. The van der Waals surface area contributed by atoms with Gasteiger partial charge in [0.2, 0.25) is 59.1 Å². The summed E-state index contributed by atoms with van der Waals surface area (Å²) >= 11 is 0. The zero-order valence-corrected chi connectivity index (χ0v) is 51.4. The number of hydrogen-bond acceptors (Lipinski definition) is 12. The van der Waals surface area contributed by atoms with E-state index in [0.29, 0.717) is 19.5 Å². The molecule has 0 saturated carbocycles. The number of aliphatic hydroxyl groups excluding tert-OH is 1. The summed E-state index contributed by atoms with van der Waals surface area (Å²) in [7, 11) is 3.78. The molecule has 9 atom stereocenters. The van der Waals surface area contributed by atoms with Crippen LogP contribution in [-0.2, 0) is 47.9 Å². The quantitative estimate of drug-likeness (QED) is 0.0434. The van der Waals surface area contributed by atoms with Crippen LogP contribution in [0.15, 0.2) is 12.2 Å². The van der Waals surface area contributed by atoms with Gasteiger partial charge in [0, 0.05) is 32.1 Å². The summed E-state index contributed by atoms with van der Waals surface area (Å²) < 4.78 is 0. The van der Waals surface area contributed by atoms with Crippen LogP contribution in [0.25, 0.3) is 0 Å². The summed E-state index contributed by atoms with van der Waals surface area (Å²) in [6.45, 7) is 31.8. The maximum atomic E-state index is 14.2. The Morgan fingerprint density at radius 2 is 1.10 bits per heavy atom. The Bertz CT molecular complexity index is 2120. The van der Waals surface area contributed by atoms with Gasteiger partial charge < -0.3 is 62.8 Å². The smallest absolute Gasteiger partial charge is 0.246 e. The van der Waals surface area contributed by atoms with Crippen LogP contribution in [0.5, 0.6) is 0 Å². The fourth-order valence-electron chi connectivity index (χ4n) is 8.79. The molecule has 1 aliphatic rings. The number of amides is 10. The highest BCUT2D eigenvalue weighted by atomic mass is 16.3. The second-order valence-corrected chi connectivity index (χ2v) is 25.4. The molecule has 0 aromatic rings. The van der Waals surface area contributed by atoms with Gasteiger partial charge in [-0.15, -0.1) is 0 Å². The minimum absolute atomic E-state index is 0.0200. The fourth-order valence-corrected chi connectivity index (χ4v) is 8.79. The van der Waals surface area contributed by atoms with Gasteiger partial charge in [0.05, 0.1) is 6.10 Å². The van der Waals surface area contributed by atoms with Crippen molar-refractivity contribution < 1.29 is 53.1 Å². The molecule has 1 fully saturated rings. The van der Waals surface area contributed by atoms with Crippen LogP contribution < -0.4 is 47.9 Å². The Labute approximate surface area is 471 Å². The molecule has 10 amide bonds. The third-order valence-corrected chi connectivity index (χ3v) is 13.6. The van der Waals surface area contributed by atoms with Gasteiger partial charge in [-0.2, -0.15) is 0 Å². The number of rotatable bonds is 32. The summed E-state index contributed by atoms with van der Waals surface area (Å²) in [4.78, 5) is 141. The van der Waals surface area contributed by atoms with Gasteiger partial charge >= 0.3 is 0 Å². The highest BCUT2D eigenvalue weighted by molar-refractivity contribution is 6.00. The van der Waals surface area contributed by atoms with Gasteiger partial charge in [-0.25, -0.2) is 0 Å². The van der Waals surface area contributed by atoms with E-state index in [2.05, 4.69) is 47.9 Å². The number of likely N-dealkylation sites (tertiary alicyclic amines) is 1. The van der Waals surface area contributed by atoms with Gasteiger partial charge in [-0.3, -0.25) is 47.9 Å². The van der Waals surface area contributed by atoms with Crippen LogP contribution in [0.2, 0.25) is 0 Å². The molecule has 0 aliphatic carbocycles. The zero-order valence-electron chi connectivity index (χ0n) is 51.4. The van der Waals surface area contributed by atoms with E-state index in [9.17, 15) is 53.1 Å². The van der Waals surface area contributed by atoms with Crippen molar-refractivity contribution in [1.29, 1.82) is 0 Å². The molecule has 1 aliphatic heterocycles. The first kappa shape index (κ1) is 71.4. The third kappa shape index (κ3) is 24.7.